The van der Waals surface area contributed by atoms with Crippen molar-refractivity contribution in [2.45, 2.75) is 239 Å². The van der Waals surface area contributed by atoms with E-state index in [-0.39, 0.29) is 37.5 Å². The highest BCUT2D eigenvalue weighted by atomic mass is 16.6. The maximum Gasteiger partial charge on any atom is 0.306 e. The normalized spacial score (nSPS) is 12.4. The largest absolute Gasteiger partial charge is 0.462 e. The standard InChI is InChI=1S/C50H88O6/c1-4-7-10-13-16-18-20-22-24-25-27-28-30-32-34-37-40-43-49(52)55-46-47(45-54-48(51)42-39-36-15-12-9-6-3)56-50(53)44-41-38-35-33-31-29-26-23-21-19-17-14-11-8-5-2/h8,11,17,19,23,26,31,33,47H,4-7,9-10,12-16,18,20-22,24-25,27-30,32,34-46H2,1-3H3/b11-8-,19-17-,26-23-,33-31-. The molecule has 0 N–H and O–H groups in total. The summed E-state index contributed by atoms with van der Waals surface area (Å²) in [6.07, 6.45) is 52.6. The van der Waals surface area contributed by atoms with Crippen molar-refractivity contribution in [2.24, 2.45) is 0 Å². The van der Waals surface area contributed by atoms with Crippen molar-refractivity contribution in [3.05, 3.63) is 48.6 Å². The maximum absolute atomic E-state index is 12.7. The van der Waals surface area contributed by atoms with Gasteiger partial charge >= 0.3 is 17.9 Å². The number of hydrogen-bond acceptors (Lipinski definition) is 6. The molecule has 0 radical (unpaired) electrons. The first-order chi connectivity index (χ1) is 27.5. The number of unbranched alkanes of at least 4 members (excludes halogenated alkanes) is 23. The molecule has 0 saturated carbocycles. The number of rotatable bonds is 42. The highest BCUT2D eigenvalue weighted by Gasteiger charge is 2.19. The zero-order chi connectivity index (χ0) is 40.8. The Morgan fingerprint density at radius 2 is 0.696 bits per heavy atom. The molecule has 0 amide bonds. The van der Waals surface area contributed by atoms with E-state index in [9.17, 15) is 14.4 Å². The molecular weight excluding hydrogens is 697 g/mol. The van der Waals surface area contributed by atoms with E-state index in [0.717, 1.165) is 77.0 Å². The first-order valence-electron chi connectivity index (χ1n) is 23.6. The second-order valence-corrected chi connectivity index (χ2v) is 15.6. The van der Waals surface area contributed by atoms with Crippen LogP contribution in [-0.4, -0.2) is 37.2 Å². The molecular formula is C50H88O6. The van der Waals surface area contributed by atoms with E-state index in [4.69, 9.17) is 14.2 Å². The summed E-state index contributed by atoms with van der Waals surface area (Å²) in [5, 5.41) is 0. The molecule has 0 spiro atoms. The lowest BCUT2D eigenvalue weighted by molar-refractivity contribution is -0.167. The van der Waals surface area contributed by atoms with Crippen LogP contribution in [0.4, 0.5) is 0 Å². The van der Waals surface area contributed by atoms with E-state index in [1.165, 1.54) is 109 Å². The third-order valence-electron chi connectivity index (χ3n) is 10.1. The topological polar surface area (TPSA) is 78.9 Å². The first kappa shape index (κ1) is 53.4. The Hall–Kier alpha value is -2.63. The average molecular weight is 785 g/mol. The molecule has 0 aromatic heterocycles. The highest BCUT2D eigenvalue weighted by Crippen LogP contribution is 2.15. The summed E-state index contributed by atoms with van der Waals surface area (Å²) in [6, 6.07) is 0. The van der Waals surface area contributed by atoms with E-state index in [0.29, 0.717) is 19.3 Å². The third-order valence-corrected chi connectivity index (χ3v) is 10.1. The minimum Gasteiger partial charge on any atom is -0.462 e. The van der Waals surface area contributed by atoms with Crippen LogP contribution in [0, 0.1) is 0 Å². The predicted molar refractivity (Wildman–Crippen MR) is 238 cm³/mol. The summed E-state index contributed by atoms with van der Waals surface area (Å²) in [5.74, 6) is -0.936. The van der Waals surface area contributed by atoms with Gasteiger partial charge in [0.25, 0.3) is 0 Å². The van der Waals surface area contributed by atoms with Gasteiger partial charge in [-0.2, -0.15) is 0 Å². The zero-order valence-corrected chi connectivity index (χ0v) is 36.9. The molecule has 0 rings (SSSR count). The van der Waals surface area contributed by atoms with Gasteiger partial charge in [0.1, 0.15) is 13.2 Å². The van der Waals surface area contributed by atoms with Gasteiger partial charge in [0, 0.05) is 19.3 Å². The molecule has 0 fully saturated rings. The van der Waals surface area contributed by atoms with Gasteiger partial charge in [-0.3, -0.25) is 14.4 Å². The minimum absolute atomic E-state index is 0.0875. The van der Waals surface area contributed by atoms with Crippen LogP contribution in [-0.2, 0) is 28.6 Å². The van der Waals surface area contributed by atoms with Crippen LogP contribution in [0.3, 0.4) is 0 Å². The van der Waals surface area contributed by atoms with E-state index in [1.54, 1.807) is 0 Å². The summed E-state index contributed by atoms with van der Waals surface area (Å²) >= 11 is 0. The Morgan fingerprint density at radius 3 is 1.09 bits per heavy atom. The number of ether oxygens (including phenoxy) is 3. The van der Waals surface area contributed by atoms with Crippen LogP contribution in [0.15, 0.2) is 48.6 Å². The van der Waals surface area contributed by atoms with Gasteiger partial charge in [-0.15, -0.1) is 0 Å². The molecule has 0 aromatic rings. The molecule has 0 aliphatic rings. The fraction of sp³-hybridized carbons (Fsp3) is 0.780. The molecule has 0 aromatic carbocycles. The molecule has 324 valence electrons. The van der Waals surface area contributed by atoms with Gasteiger partial charge in [-0.05, 0) is 57.8 Å². The predicted octanol–water partition coefficient (Wildman–Crippen LogP) is 15.1. The average Bonchev–Trinajstić information content (AvgIpc) is 3.19. The summed E-state index contributed by atoms with van der Waals surface area (Å²) in [4.78, 5) is 37.6. The van der Waals surface area contributed by atoms with Gasteiger partial charge in [-0.1, -0.05) is 204 Å². The van der Waals surface area contributed by atoms with Gasteiger partial charge in [0.2, 0.25) is 0 Å². The Morgan fingerprint density at radius 1 is 0.375 bits per heavy atom. The highest BCUT2D eigenvalue weighted by molar-refractivity contribution is 5.71. The van der Waals surface area contributed by atoms with Crippen LogP contribution in [0.2, 0.25) is 0 Å². The molecule has 0 heterocycles. The van der Waals surface area contributed by atoms with Gasteiger partial charge in [-0.25, -0.2) is 0 Å². The van der Waals surface area contributed by atoms with E-state index in [1.807, 2.05) is 0 Å². The van der Waals surface area contributed by atoms with Crippen molar-refractivity contribution >= 4 is 17.9 Å². The summed E-state index contributed by atoms with van der Waals surface area (Å²) in [6.45, 7) is 6.43. The molecule has 56 heavy (non-hydrogen) atoms. The number of allylic oxidation sites excluding steroid dienone is 8. The lowest BCUT2D eigenvalue weighted by Crippen LogP contribution is -2.30. The first-order valence-corrected chi connectivity index (χ1v) is 23.6. The minimum atomic E-state index is -0.787. The van der Waals surface area contributed by atoms with Crippen molar-refractivity contribution in [3.63, 3.8) is 0 Å². The van der Waals surface area contributed by atoms with Crippen molar-refractivity contribution in [3.8, 4) is 0 Å². The Bertz CT molecular complexity index is 996. The molecule has 6 heteroatoms. The number of hydrogen-bond donors (Lipinski definition) is 0. The van der Waals surface area contributed by atoms with Crippen LogP contribution >= 0.6 is 0 Å². The third kappa shape index (κ3) is 42.5. The maximum atomic E-state index is 12.7. The molecule has 0 aliphatic heterocycles. The van der Waals surface area contributed by atoms with Crippen molar-refractivity contribution in [1.29, 1.82) is 0 Å². The Labute approximate surface area is 346 Å². The van der Waals surface area contributed by atoms with Crippen LogP contribution < -0.4 is 0 Å². The zero-order valence-electron chi connectivity index (χ0n) is 36.9. The van der Waals surface area contributed by atoms with Crippen LogP contribution in [0.5, 0.6) is 0 Å². The Balaban J connectivity index is 4.29. The Kier molecular flexibility index (Phi) is 43.0. The summed E-state index contributed by atoms with van der Waals surface area (Å²) in [7, 11) is 0. The molecule has 1 unspecified atom stereocenters. The molecule has 0 bridgehead atoms. The second kappa shape index (κ2) is 45.1. The molecule has 0 saturated heterocycles. The monoisotopic (exact) mass is 785 g/mol. The van der Waals surface area contributed by atoms with Crippen LogP contribution in [0.25, 0.3) is 0 Å². The van der Waals surface area contributed by atoms with Crippen molar-refractivity contribution in [2.75, 3.05) is 13.2 Å². The SMILES string of the molecule is CC/C=C\C/C=C\C/C=C\C/C=C\CCCCC(=O)OC(COC(=O)CCCCCCCC)COC(=O)CCCCCCCCCCCCCCCCCCC. The smallest absolute Gasteiger partial charge is 0.306 e. The van der Waals surface area contributed by atoms with Crippen LogP contribution in [0.1, 0.15) is 233 Å². The van der Waals surface area contributed by atoms with Gasteiger partial charge in [0.05, 0.1) is 0 Å². The summed E-state index contributed by atoms with van der Waals surface area (Å²) < 4.78 is 16.6. The fourth-order valence-electron chi connectivity index (χ4n) is 6.55. The van der Waals surface area contributed by atoms with E-state index < -0.39 is 6.10 Å². The number of carbonyl (C=O) groups is 3. The van der Waals surface area contributed by atoms with E-state index >= 15 is 0 Å². The second-order valence-electron chi connectivity index (χ2n) is 15.6. The number of carbonyl (C=O) groups excluding carboxylic acids is 3. The van der Waals surface area contributed by atoms with Gasteiger partial charge < -0.3 is 14.2 Å². The number of esters is 3. The van der Waals surface area contributed by atoms with Crippen molar-refractivity contribution < 1.29 is 28.6 Å². The van der Waals surface area contributed by atoms with Gasteiger partial charge in [0.15, 0.2) is 6.10 Å². The molecule has 1 atom stereocenters. The molecule has 6 nitrogen and oxygen atoms in total. The molecule has 0 aliphatic carbocycles. The lowest BCUT2D eigenvalue weighted by atomic mass is 10.0. The fourth-order valence-corrected chi connectivity index (χ4v) is 6.55. The van der Waals surface area contributed by atoms with Crippen molar-refractivity contribution in [1.82, 2.24) is 0 Å². The van der Waals surface area contributed by atoms with E-state index in [2.05, 4.69) is 69.4 Å². The quantitative estimate of drug-likeness (QED) is 0.0265. The summed E-state index contributed by atoms with van der Waals surface area (Å²) in [5.41, 5.74) is 0. The lowest BCUT2D eigenvalue weighted by Gasteiger charge is -2.18.